The number of carbonyl (C=O) groups excluding carboxylic acids is 3. The summed E-state index contributed by atoms with van der Waals surface area (Å²) in [7, 11) is 0. The minimum Gasteiger partial charge on any atom is -0.462 e. The molecule has 1 fully saturated rings. The minimum atomic E-state index is -0.00917. The lowest BCUT2D eigenvalue weighted by atomic mass is 10.0. The average molecular weight is 961 g/mol. The lowest BCUT2D eigenvalue weighted by molar-refractivity contribution is -0.151. The summed E-state index contributed by atoms with van der Waals surface area (Å²) in [6.45, 7) is 14.9. The molecular formula is C58H109N3O7. The van der Waals surface area contributed by atoms with E-state index >= 15 is 0 Å². The molecule has 1 atom stereocenters. The van der Waals surface area contributed by atoms with Gasteiger partial charge in [-0.15, -0.1) is 0 Å². The van der Waals surface area contributed by atoms with Crippen LogP contribution in [0.4, 0.5) is 0 Å². The molecule has 2 heterocycles. The molecule has 2 aliphatic rings. The van der Waals surface area contributed by atoms with E-state index in [2.05, 4.69) is 43.2 Å². The molecule has 10 nitrogen and oxygen atoms in total. The molecule has 0 aromatic rings. The maximum atomic E-state index is 13.0. The van der Waals surface area contributed by atoms with E-state index in [4.69, 9.17) is 18.9 Å². The van der Waals surface area contributed by atoms with Crippen LogP contribution in [0.2, 0.25) is 0 Å². The van der Waals surface area contributed by atoms with Gasteiger partial charge in [0.15, 0.2) is 0 Å². The van der Waals surface area contributed by atoms with Crippen LogP contribution in [0, 0.1) is 0 Å². The molecule has 1 saturated heterocycles. The number of ketones is 1. The topological polar surface area (TPSA) is 115 Å². The summed E-state index contributed by atoms with van der Waals surface area (Å²) < 4.78 is 23.2. The summed E-state index contributed by atoms with van der Waals surface area (Å²) in [5.74, 6) is 0.0280. The Labute approximate surface area is 419 Å². The van der Waals surface area contributed by atoms with Gasteiger partial charge >= 0.3 is 11.9 Å². The summed E-state index contributed by atoms with van der Waals surface area (Å²) in [5.41, 5.74) is 1.59. The van der Waals surface area contributed by atoms with Gasteiger partial charge in [0.1, 0.15) is 24.5 Å². The number of ether oxygens (including phenoxy) is 4. The fraction of sp³-hybridized carbons (Fsp3) is 0.914. The van der Waals surface area contributed by atoms with Crippen molar-refractivity contribution in [3.05, 3.63) is 11.4 Å². The van der Waals surface area contributed by atoms with E-state index in [1.807, 2.05) is 0 Å². The first-order chi connectivity index (χ1) is 33.4. The van der Waals surface area contributed by atoms with Crippen molar-refractivity contribution in [3.8, 4) is 0 Å². The van der Waals surface area contributed by atoms with E-state index < -0.39 is 0 Å². The van der Waals surface area contributed by atoms with E-state index in [9.17, 15) is 14.4 Å². The first-order valence-electron chi connectivity index (χ1n) is 29.4. The average Bonchev–Trinajstić information content (AvgIpc) is 3.33. The van der Waals surface area contributed by atoms with Crippen molar-refractivity contribution in [2.45, 2.75) is 290 Å². The number of hydrogen-bond donors (Lipinski definition) is 2. The normalized spacial score (nSPS) is 15.1. The number of rotatable bonds is 48. The van der Waals surface area contributed by atoms with Crippen molar-refractivity contribution in [3.63, 3.8) is 0 Å². The lowest BCUT2D eigenvalue weighted by Gasteiger charge is -2.29. The summed E-state index contributed by atoms with van der Waals surface area (Å²) in [6, 6.07) is 0.313. The van der Waals surface area contributed by atoms with Crippen LogP contribution in [0.5, 0.6) is 0 Å². The molecule has 1 unspecified atom stereocenters. The van der Waals surface area contributed by atoms with Gasteiger partial charge in [-0.05, 0) is 110 Å². The summed E-state index contributed by atoms with van der Waals surface area (Å²) in [4.78, 5) is 41.2. The molecule has 0 radical (unpaired) electrons. The van der Waals surface area contributed by atoms with Gasteiger partial charge in [0.25, 0.3) is 0 Å². The molecule has 68 heavy (non-hydrogen) atoms. The van der Waals surface area contributed by atoms with Gasteiger partial charge in [-0.3, -0.25) is 14.4 Å². The predicted molar refractivity (Wildman–Crippen MR) is 283 cm³/mol. The van der Waals surface area contributed by atoms with Crippen molar-refractivity contribution in [2.24, 2.45) is 0 Å². The summed E-state index contributed by atoms with van der Waals surface area (Å²) in [6.07, 6.45) is 43.0. The monoisotopic (exact) mass is 960 g/mol. The quantitative estimate of drug-likeness (QED) is 0.0451. The molecule has 0 aromatic carbocycles. The van der Waals surface area contributed by atoms with Crippen LogP contribution in [0.3, 0.4) is 0 Å². The van der Waals surface area contributed by atoms with Crippen LogP contribution in [0.15, 0.2) is 11.4 Å². The molecule has 2 rings (SSSR count). The Kier molecular flexibility index (Phi) is 40.8. The van der Waals surface area contributed by atoms with Gasteiger partial charge < -0.3 is 34.5 Å². The van der Waals surface area contributed by atoms with E-state index in [-0.39, 0.29) is 36.5 Å². The minimum absolute atomic E-state index is 0.00917. The van der Waals surface area contributed by atoms with Gasteiger partial charge in [-0.25, -0.2) is 0 Å². The van der Waals surface area contributed by atoms with Crippen molar-refractivity contribution in [1.82, 2.24) is 15.5 Å². The number of nitrogens with one attached hydrogen (secondary N) is 2. The van der Waals surface area contributed by atoms with Crippen LogP contribution >= 0.6 is 0 Å². The van der Waals surface area contributed by atoms with Crippen LogP contribution in [0.1, 0.15) is 272 Å². The maximum Gasteiger partial charge on any atom is 0.306 e. The molecular weight excluding hydrogens is 851 g/mol. The molecule has 2 aliphatic heterocycles. The summed E-state index contributed by atoms with van der Waals surface area (Å²) in [5, 5.41) is 7.10. The largest absolute Gasteiger partial charge is 0.462 e. The fourth-order valence-electron chi connectivity index (χ4n) is 9.88. The Morgan fingerprint density at radius 3 is 1.43 bits per heavy atom. The summed E-state index contributed by atoms with van der Waals surface area (Å²) >= 11 is 0. The first-order valence-corrected chi connectivity index (χ1v) is 29.4. The van der Waals surface area contributed by atoms with Gasteiger partial charge in [0, 0.05) is 38.6 Å². The van der Waals surface area contributed by atoms with E-state index in [0.717, 1.165) is 161 Å². The molecule has 0 aromatic heterocycles. The fourth-order valence-corrected chi connectivity index (χ4v) is 9.88. The van der Waals surface area contributed by atoms with Crippen molar-refractivity contribution >= 4 is 17.7 Å². The number of esters is 2. The molecule has 0 amide bonds. The Balaban J connectivity index is 1.78. The van der Waals surface area contributed by atoms with Crippen LogP contribution in [-0.2, 0) is 33.3 Å². The number of unbranched alkanes of at least 4 members (excludes halogenated alkanes) is 23. The highest BCUT2D eigenvalue weighted by molar-refractivity contribution is 5.97. The second kappa shape index (κ2) is 44.7. The SMILES string of the molecule is CCCCCCCCC(CCC)OC(=O)CCCCCCCN(CCCCCCCC(=O)OC(CCCCCCCC)CCCCCCCC)CCCNC1=C(NC2CCOCC2)COCC1=O. The van der Waals surface area contributed by atoms with Gasteiger partial charge in [0.05, 0.1) is 12.3 Å². The molecule has 0 bridgehead atoms. The number of carbonyl (C=O) groups is 3. The van der Waals surface area contributed by atoms with Crippen LogP contribution < -0.4 is 10.6 Å². The van der Waals surface area contributed by atoms with Gasteiger partial charge in [-0.2, -0.15) is 0 Å². The first kappa shape index (κ1) is 61.9. The zero-order valence-corrected chi connectivity index (χ0v) is 45.1. The van der Waals surface area contributed by atoms with Crippen LogP contribution in [0.25, 0.3) is 0 Å². The molecule has 2 N–H and O–H groups in total. The smallest absolute Gasteiger partial charge is 0.306 e. The van der Waals surface area contributed by atoms with Crippen molar-refractivity contribution in [2.75, 3.05) is 52.6 Å². The second-order valence-electron chi connectivity index (χ2n) is 20.6. The van der Waals surface area contributed by atoms with Gasteiger partial charge in [0.2, 0.25) is 5.78 Å². The molecule has 398 valence electrons. The standard InChI is InChI=1S/C58H109N3O7/c1-5-9-12-15-20-27-36-52(35-8-4)67-56(63)39-30-23-18-25-32-44-61(46-34-43-59-58-54(49-66-50-55(58)62)60-51-41-47-65-48-42-51)45-33-26-19-24-31-40-57(64)68-53(37-28-21-16-13-10-6-2)38-29-22-17-14-11-7-3/h51-53,59-60H,5-50H2,1-4H3. The molecule has 10 heteroatoms. The third-order valence-electron chi connectivity index (χ3n) is 14.2. The van der Waals surface area contributed by atoms with E-state index in [1.54, 1.807) is 0 Å². The van der Waals surface area contributed by atoms with Crippen molar-refractivity contribution < 1.29 is 33.3 Å². The van der Waals surface area contributed by atoms with Gasteiger partial charge in [-0.1, -0.05) is 169 Å². The van der Waals surface area contributed by atoms with E-state index in [0.29, 0.717) is 31.2 Å². The highest BCUT2D eigenvalue weighted by Crippen LogP contribution is 2.20. The molecule has 0 aliphatic carbocycles. The maximum absolute atomic E-state index is 13.0. The third-order valence-corrected chi connectivity index (χ3v) is 14.2. The third kappa shape index (κ3) is 34.2. The number of Topliss-reactive ketones (excluding diaryl/α,β-unsaturated/α-hetero) is 1. The zero-order valence-electron chi connectivity index (χ0n) is 45.1. The number of nitrogens with zero attached hydrogens (tertiary/aromatic N) is 1. The highest BCUT2D eigenvalue weighted by atomic mass is 16.5. The Bertz CT molecular complexity index is 1220. The Morgan fingerprint density at radius 2 is 0.941 bits per heavy atom. The highest BCUT2D eigenvalue weighted by Gasteiger charge is 2.24. The Hall–Kier alpha value is -2.17. The predicted octanol–water partition coefficient (Wildman–Crippen LogP) is 14.4. The number of hydrogen-bond acceptors (Lipinski definition) is 10. The van der Waals surface area contributed by atoms with Crippen LogP contribution in [-0.4, -0.2) is 93.5 Å². The Morgan fingerprint density at radius 1 is 0.515 bits per heavy atom. The molecule has 0 spiro atoms. The molecule has 0 saturated carbocycles. The van der Waals surface area contributed by atoms with E-state index in [1.165, 1.54) is 116 Å². The van der Waals surface area contributed by atoms with Crippen molar-refractivity contribution in [1.29, 1.82) is 0 Å². The second-order valence-corrected chi connectivity index (χ2v) is 20.6. The lowest BCUT2D eigenvalue weighted by Crippen LogP contribution is -2.42. The zero-order chi connectivity index (χ0) is 49.0.